The Morgan fingerprint density at radius 2 is 2.05 bits per heavy atom. The van der Waals surface area contributed by atoms with Gasteiger partial charge < -0.3 is 14.7 Å². The highest BCUT2D eigenvalue weighted by Crippen LogP contribution is 2.18. The maximum atomic E-state index is 12.1. The number of carboxylic acids is 1. The summed E-state index contributed by atoms with van der Waals surface area (Å²) in [7, 11) is 0. The maximum Gasteiger partial charge on any atom is 0.306 e. The Bertz CT molecular complexity index is 521. The smallest absolute Gasteiger partial charge is 0.306 e. The molecule has 1 aromatic carbocycles. The summed E-state index contributed by atoms with van der Waals surface area (Å²) in [6, 6.07) is 7.84. The average Bonchev–Trinajstić information content (AvgIpc) is 2.51. The Balaban J connectivity index is 1.65. The number of likely N-dealkylation sites (tertiary alicyclic amines) is 1. The Kier molecular flexibility index (Phi) is 5.81. The third-order valence-electron chi connectivity index (χ3n) is 3.99. The molecule has 0 saturated carbocycles. The number of ether oxygens (including phenoxy) is 1. The first-order chi connectivity index (χ1) is 10.6. The van der Waals surface area contributed by atoms with E-state index < -0.39 is 5.97 Å². The molecule has 0 atom stereocenters. The Morgan fingerprint density at radius 3 is 2.68 bits per heavy atom. The van der Waals surface area contributed by atoms with E-state index in [-0.39, 0.29) is 11.8 Å². The molecular weight excluding hydrogens is 282 g/mol. The molecule has 1 N–H and O–H groups in total. The van der Waals surface area contributed by atoms with E-state index in [1.807, 2.05) is 31.2 Å². The summed E-state index contributed by atoms with van der Waals surface area (Å²) in [5.41, 5.74) is 1.15. The largest absolute Gasteiger partial charge is 0.494 e. The van der Waals surface area contributed by atoms with E-state index >= 15 is 0 Å². The van der Waals surface area contributed by atoms with Gasteiger partial charge in [0.1, 0.15) is 5.75 Å². The summed E-state index contributed by atoms with van der Waals surface area (Å²) in [4.78, 5) is 24.7. The van der Waals surface area contributed by atoms with Crippen molar-refractivity contribution in [3.8, 4) is 5.75 Å². The van der Waals surface area contributed by atoms with Crippen LogP contribution in [0, 0.1) is 12.8 Å². The minimum Gasteiger partial charge on any atom is -0.494 e. The topological polar surface area (TPSA) is 66.8 Å². The molecule has 1 amide bonds. The first-order valence-electron chi connectivity index (χ1n) is 7.76. The lowest BCUT2D eigenvalue weighted by atomic mass is 9.97. The third-order valence-corrected chi connectivity index (χ3v) is 3.99. The van der Waals surface area contributed by atoms with Gasteiger partial charge in [-0.1, -0.05) is 12.1 Å². The first-order valence-corrected chi connectivity index (χ1v) is 7.76. The summed E-state index contributed by atoms with van der Waals surface area (Å²) in [5, 5.41) is 8.94. The Morgan fingerprint density at radius 1 is 1.32 bits per heavy atom. The highest BCUT2D eigenvalue weighted by molar-refractivity contribution is 5.77. The number of benzene rings is 1. The molecule has 0 unspecified atom stereocenters. The number of hydrogen-bond donors (Lipinski definition) is 1. The van der Waals surface area contributed by atoms with Gasteiger partial charge >= 0.3 is 5.97 Å². The van der Waals surface area contributed by atoms with Gasteiger partial charge in [-0.15, -0.1) is 0 Å². The predicted molar refractivity (Wildman–Crippen MR) is 82.8 cm³/mol. The number of nitrogens with zero attached hydrogens (tertiary/aromatic N) is 1. The number of carbonyl (C=O) groups excluding carboxylic acids is 1. The third kappa shape index (κ3) is 4.76. The minimum atomic E-state index is -0.751. The fourth-order valence-electron chi connectivity index (χ4n) is 2.65. The zero-order valence-corrected chi connectivity index (χ0v) is 13.0. The molecule has 1 heterocycles. The van der Waals surface area contributed by atoms with E-state index in [1.165, 1.54) is 0 Å². The number of amides is 1. The van der Waals surface area contributed by atoms with Crippen molar-refractivity contribution in [1.29, 1.82) is 0 Å². The summed E-state index contributed by atoms with van der Waals surface area (Å²) in [5.74, 6) is -0.126. The Hall–Kier alpha value is -2.04. The van der Waals surface area contributed by atoms with E-state index in [2.05, 4.69) is 0 Å². The highest BCUT2D eigenvalue weighted by Gasteiger charge is 2.26. The van der Waals surface area contributed by atoms with E-state index in [0.29, 0.717) is 45.4 Å². The zero-order valence-electron chi connectivity index (χ0n) is 13.0. The number of piperidine rings is 1. The minimum absolute atomic E-state index is 0.0941. The van der Waals surface area contributed by atoms with E-state index in [4.69, 9.17) is 9.84 Å². The number of hydrogen-bond acceptors (Lipinski definition) is 3. The standard InChI is InChI=1S/C17H23NO4/c1-13-4-2-5-15(12-13)22-11-3-6-16(19)18-9-7-14(8-10-18)17(20)21/h2,4-5,12,14H,3,6-11H2,1H3,(H,20,21). The maximum absolute atomic E-state index is 12.1. The van der Waals surface area contributed by atoms with Crippen LogP contribution in [-0.2, 0) is 9.59 Å². The van der Waals surface area contributed by atoms with Gasteiger partial charge in [-0.3, -0.25) is 9.59 Å². The van der Waals surface area contributed by atoms with Crippen molar-refractivity contribution in [2.24, 2.45) is 5.92 Å². The SMILES string of the molecule is Cc1cccc(OCCCC(=O)N2CCC(C(=O)O)CC2)c1. The van der Waals surface area contributed by atoms with Crippen molar-refractivity contribution < 1.29 is 19.4 Å². The lowest BCUT2D eigenvalue weighted by Gasteiger charge is -2.30. The number of carbonyl (C=O) groups is 2. The molecule has 1 aromatic rings. The molecule has 5 heteroatoms. The molecule has 0 spiro atoms. The quantitative estimate of drug-likeness (QED) is 0.820. The zero-order chi connectivity index (χ0) is 15.9. The van der Waals surface area contributed by atoms with E-state index in [9.17, 15) is 9.59 Å². The van der Waals surface area contributed by atoms with Gasteiger partial charge in [0.15, 0.2) is 0 Å². The van der Waals surface area contributed by atoms with Crippen molar-refractivity contribution in [2.75, 3.05) is 19.7 Å². The van der Waals surface area contributed by atoms with Crippen LogP contribution in [0.25, 0.3) is 0 Å². The van der Waals surface area contributed by atoms with Gasteiger partial charge in [-0.2, -0.15) is 0 Å². The number of rotatable bonds is 6. The summed E-state index contributed by atoms with van der Waals surface area (Å²) >= 11 is 0. The molecule has 1 aliphatic rings. The number of aliphatic carboxylic acids is 1. The average molecular weight is 305 g/mol. The van der Waals surface area contributed by atoms with Crippen molar-refractivity contribution in [3.05, 3.63) is 29.8 Å². The van der Waals surface area contributed by atoms with Crippen LogP contribution in [0.3, 0.4) is 0 Å². The summed E-state index contributed by atoms with van der Waals surface area (Å²) in [6.45, 7) is 3.63. The van der Waals surface area contributed by atoms with Crippen LogP contribution in [0.15, 0.2) is 24.3 Å². The summed E-state index contributed by atoms with van der Waals surface area (Å²) in [6.07, 6.45) is 2.23. The molecule has 0 aliphatic carbocycles. The van der Waals surface area contributed by atoms with Crippen LogP contribution in [-0.4, -0.2) is 41.6 Å². The van der Waals surface area contributed by atoms with Crippen LogP contribution < -0.4 is 4.74 Å². The lowest BCUT2D eigenvalue weighted by molar-refractivity contribution is -0.145. The molecular formula is C17H23NO4. The van der Waals surface area contributed by atoms with Crippen LogP contribution in [0.4, 0.5) is 0 Å². The molecule has 1 saturated heterocycles. The molecule has 120 valence electrons. The fraction of sp³-hybridized carbons (Fsp3) is 0.529. The second-order valence-electron chi connectivity index (χ2n) is 5.76. The van der Waals surface area contributed by atoms with Crippen LogP contribution in [0.1, 0.15) is 31.2 Å². The normalized spacial score (nSPS) is 15.6. The Labute approximate surface area is 130 Å². The van der Waals surface area contributed by atoms with E-state index in [0.717, 1.165) is 11.3 Å². The van der Waals surface area contributed by atoms with Gasteiger partial charge in [-0.25, -0.2) is 0 Å². The number of aryl methyl sites for hydroxylation is 1. The van der Waals surface area contributed by atoms with Crippen LogP contribution >= 0.6 is 0 Å². The molecule has 2 rings (SSSR count). The second-order valence-corrected chi connectivity index (χ2v) is 5.76. The second kappa shape index (κ2) is 7.82. The fourth-order valence-corrected chi connectivity index (χ4v) is 2.65. The van der Waals surface area contributed by atoms with Gasteiger partial charge in [-0.05, 0) is 43.9 Å². The predicted octanol–water partition coefficient (Wildman–Crippen LogP) is 2.48. The molecule has 0 aromatic heterocycles. The molecule has 0 radical (unpaired) electrons. The number of carboxylic acid groups (broad SMARTS) is 1. The molecule has 22 heavy (non-hydrogen) atoms. The van der Waals surface area contributed by atoms with Gasteiger partial charge in [0.2, 0.25) is 5.91 Å². The molecule has 1 aliphatic heterocycles. The van der Waals surface area contributed by atoms with Crippen molar-refractivity contribution in [3.63, 3.8) is 0 Å². The van der Waals surface area contributed by atoms with Gasteiger partial charge in [0, 0.05) is 19.5 Å². The van der Waals surface area contributed by atoms with Crippen molar-refractivity contribution >= 4 is 11.9 Å². The van der Waals surface area contributed by atoms with E-state index in [1.54, 1.807) is 4.90 Å². The molecule has 1 fully saturated rings. The van der Waals surface area contributed by atoms with Crippen molar-refractivity contribution in [2.45, 2.75) is 32.6 Å². The highest BCUT2D eigenvalue weighted by atomic mass is 16.5. The van der Waals surface area contributed by atoms with Crippen LogP contribution in [0.5, 0.6) is 5.75 Å². The van der Waals surface area contributed by atoms with Gasteiger partial charge in [0.05, 0.1) is 12.5 Å². The van der Waals surface area contributed by atoms with Crippen LogP contribution in [0.2, 0.25) is 0 Å². The van der Waals surface area contributed by atoms with Gasteiger partial charge in [0.25, 0.3) is 0 Å². The lowest BCUT2D eigenvalue weighted by Crippen LogP contribution is -2.40. The molecule has 0 bridgehead atoms. The van der Waals surface area contributed by atoms with Crippen molar-refractivity contribution in [1.82, 2.24) is 4.90 Å². The first kappa shape index (κ1) is 16.3. The monoisotopic (exact) mass is 305 g/mol. The summed E-state index contributed by atoms with van der Waals surface area (Å²) < 4.78 is 5.62. The molecule has 5 nitrogen and oxygen atoms in total.